The van der Waals surface area contributed by atoms with Gasteiger partial charge in [0.2, 0.25) is 5.91 Å². The summed E-state index contributed by atoms with van der Waals surface area (Å²) >= 11 is 0. The van der Waals surface area contributed by atoms with Crippen molar-refractivity contribution < 1.29 is 13.9 Å². The Balaban J connectivity index is 0.00000420. The second kappa shape index (κ2) is 13.0. The van der Waals surface area contributed by atoms with E-state index < -0.39 is 0 Å². The highest BCUT2D eigenvalue weighted by molar-refractivity contribution is 14.0. The van der Waals surface area contributed by atoms with E-state index in [0.29, 0.717) is 18.1 Å². The minimum Gasteiger partial charge on any atom is -0.497 e. The highest BCUT2D eigenvalue weighted by Gasteiger charge is 2.07. The lowest BCUT2D eigenvalue weighted by atomic mass is 10.1. The van der Waals surface area contributed by atoms with Crippen molar-refractivity contribution in [3.8, 4) is 5.75 Å². The summed E-state index contributed by atoms with van der Waals surface area (Å²) < 4.78 is 19.0. The Kier molecular flexibility index (Phi) is 11.0. The number of methoxy groups -OCH3 is 1. The van der Waals surface area contributed by atoms with Crippen LogP contribution in [0, 0.1) is 5.82 Å². The summed E-state index contributed by atoms with van der Waals surface area (Å²) in [5.41, 5.74) is 1.64. The minimum atomic E-state index is -0.298. The van der Waals surface area contributed by atoms with Gasteiger partial charge in [-0.05, 0) is 30.2 Å². The van der Waals surface area contributed by atoms with Gasteiger partial charge in [-0.15, -0.1) is 24.0 Å². The third-order valence-corrected chi connectivity index (χ3v) is 4.14. The molecule has 0 heterocycles. The number of amides is 1. The fourth-order valence-corrected chi connectivity index (χ4v) is 2.40. The highest BCUT2D eigenvalue weighted by Crippen LogP contribution is 2.11. The van der Waals surface area contributed by atoms with Crippen LogP contribution in [0.4, 0.5) is 4.39 Å². The van der Waals surface area contributed by atoms with E-state index in [-0.39, 0.29) is 48.8 Å². The molecule has 0 bridgehead atoms. The zero-order chi connectivity index (χ0) is 20.4. The molecule has 158 valence electrons. The maximum Gasteiger partial charge on any atom is 0.241 e. The summed E-state index contributed by atoms with van der Waals surface area (Å²) in [4.78, 5) is 17.7. The number of rotatable bonds is 8. The molecule has 0 aliphatic carbocycles. The van der Waals surface area contributed by atoms with Crippen molar-refractivity contribution in [3.05, 3.63) is 65.5 Å². The lowest BCUT2D eigenvalue weighted by Gasteiger charge is -2.15. The second-order valence-electron chi connectivity index (χ2n) is 6.42. The summed E-state index contributed by atoms with van der Waals surface area (Å²) in [6, 6.07) is 14.3. The Hall–Kier alpha value is -2.36. The quantitative estimate of drug-likeness (QED) is 0.323. The maximum absolute atomic E-state index is 13.8. The summed E-state index contributed by atoms with van der Waals surface area (Å²) in [6.07, 6.45) is 0.770. The molecule has 8 heteroatoms. The molecule has 0 unspecified atom stereocenters. The normalized spacial score (nSPS) is 10.7. The van der Waals surface area contributed by atoms with Gasteiger partial charge in [-0.1, -0.05) is 30.3 Å². The molecule has 29 heavy (non-hydrogen) atoms. The Morgan fingerprint density at radius 3 is 2.41 bits per heavy atom. The van der Waals surface area contributed by atoms with Gasteiger partial charge in [-0.2, -0.15) is 0 Å². The molecule has 0 atom stereocenters. The third-order valence-electron chi connectivity index (χ3n) is 4.14. The van der Waals surface area contributed by atoms with Crippen molar-refractivity contribution in [2.45, 2.75) is 13.0 Å². The molecule has 0 fully saturated rings. The van der Waals surface area contributed by atoms with Gasteiger partial charge >= 0.3 is 0 Å². The predicted molar refractivity (Wildman–Crippen MR) is 124 cm³/mol. The minimum absolute atomic E-state index is 0. The number of benzene rings is 2. The average molecular weight is 514 g/mol. The molecule has 0 aliphatic rings. The van der Waals surface area contributed by atoms with Crippen LogP contribution < -0.4 is 15.4 Å². The number of carbonyl (C=O) groups excluding carboxylic acids is 1. The number of carbonyl (C=O) groups is 1. The van der Waals surface area contributed by atoms with E-state index in [1.54, 1.807) is 39.4 Å². The van der Waals surface area contributed by atoms with E-state index in [1.807, 2.05) is 24.3 Å². The van der Waals surface area contributed by atoms with Gasteiger partial charge in [0, 0.05) is 26.2 Å². The van der Waals surface area contributed by atoms with Gasteiger partial charge in [0.25, 0.3) is 0 Å². The van der Waals surface area contributed by atoms with Crippen molar-refractivity contribution in [2.24, 2.45) is 4.99 Å². The summed E-state index contributed by atoms with van der Waals surface area (Å²) in [6.45, 7) is 0.908. The number of hydrogen-bond donors (Lipinski definition) is 2. The zero-order valence-corrected chi connectivity index (χ0v) is 19.3. The van der Waals surface area contributed by atoms with Crippen LogP contribution in [-0.2, 0) is 17.8 Å². The van der Waals surface area contributed by atoms with Crippen LogP contribution in [-0.4, -0.2) is 51.1 Å². The zero-order valence-electron chi connectivity index (χ0n) is 16.9. The molecule has 0 saturated carbocycles. The van der Waals surface area contributed by atoms with Crippen molar-refractivity contribution in [1.82, 2.24) is 15.5 Å². The Morgan fingerprint density at radius 1 is 1.10 bits per heavy atom. The SMILES string of the molecule is COc1ccc(CCNC(=NCc2ccccc2F)NCC(=O)N(C)C)cc1.I. The van der Waals surface area contributed by atoms with Gasteiger partial charge in [-0.3, -0.25) is 4.79 Å². The summed E-state index contributed by atoms with van der Waals surface area (Å²) in [7, 11) is 5.02. The van der Waals surface area contributed by atoms with Gasteiger partial charge in [0.15, 0.2) is 5.96 Å². The number of aliphatic imine (C=N–C) groups is 1. The van der Waals surface area contributed by atoms with Crippen LogP contribution in [0.1, 0.15) is 11.1 Å². The van der Waals surface area contributed by atoms with Crippen LogP contribution in [0.15, 0.2) is 53.5 Å². The standard InChI is InChI=1S/C21H27FN4O2.HI/c1-26(2)20(27)15-25-21(24-14-17-6-4-5-7-19(17)22)23-13-12-16-8-10-18(28-3)11-9-16;/h4-11H,12-15H2,1-3H3,(H2,23,24,25);1H. The lowest BCUT2D eigenvalue weighted by molar-refractivity contribution is -0.127. The van der Waals surface area contributed by atoms with E-state index in [4.69, 9.17) is 4.74 Å². The third kappa shape index (κ3) is 8.68. The number of hydrogen-bond acceptors (Lipinski definition) is 3. The molecule has 2 N–H and O–H groups in total. The van der Waals surface area contributed by atoms with E-state index in [1.165, 1.54) is 11.0 Å². The number of halogens is 2. The van der Waals surface area contributed by atoms with Gasteiger partial charge in [-0.25, -0.2) is 9.38 Å². The van der Waals surface area contributed by atoms with E-state index in [2.05, 4.69) is 15.6 Å². The highest BCUT2D eigenvalue weighted by atomic mass is 127. The van der Waals surface area contributed by atoms with Crippen molar-refractivity contribution in [2.75, 3.05) is 34.3 Å². The number of likely N-dealkylation sites (N-methyl/N-ethyl adjacent to an activating group) is 1. The average Bonchev–Trinajstić information content (AvgIpc) is 2.70. The van der Waals surface area contributed by atoms with Crippen LogP contribution in [0.5, 0.6) is 5.75 Å². The fraction of sp³-hybridized carbons (Fsp3) is 0.333. The predicted octanol–water partition coefficient (Wildman–Crippen LogP) is 2.82. The first-order chi connectivity index (χ1) is 13.5. The lowest BCUT2D eigenvalue weighted by Crippen LogP contribution is -2.43. The summed E-state index contributed by atoms with van der Waals surface area (Å²) in [5.74, 6) is 0.906. The van der Waals surface area contributed by atoms with Crippen molar-refractivity contribution in [3.63, 3.8) is 0 Å². The summed E-state index contributed by atoms with van der Waals surface area (Å²) in [5, 5.41) is 6.20. The number of ether oxygens (including phenoxy) is 1. The number of nitrogens with zero attached hydrogens (tertiary/aromatic N) is 2. The monoisotopic (exact) mass is 514 g/mol. The molecule has 1 amide bonds. The first-order valence-electron chi connectivity index (χ1n) is 9.08. The molecule has 0 aliphatic heterocycles. The Bertz CT molecular complexity index is 798. The molecule has 0 spiro atoms. The van der Waals surface area contributed by atoms with Crippen molar-refractivity contribution >= 4 is 35.8 Å². The molecular formula is C21H28FIN4O2. The van der Waals surface area contributed by atoms with Gasteiger partial charge in [0.05, 0.1) is 20.2 Å². The first kappa shape index (κ1) is 24.7. The van der Waals surface area contributed by atoms with Crippen LogP contribution in [0.2, 0.25) is 0 Å². The largest absolute Gasteiger partial charge is 0.497 e. The number of guanidine groups is 1. The number of nitrogens with one attached hydrogen (secondary N) is 2. The van der Waals surface area contributed by atoms with E-state index in [0.717, 1.165) is 17.7 Å². The molecule has 0 radical (unpaired) electrons. The van der Waals surface area contributed by atoms with Crippen LogP contribution in [0.25, 0.3) is 0 Å². The molecule has 6 nitrogen and oxygen atoms in total. The topological polar surface area (TPSA) is 66.0 Å². The van der Waals surface area contributed by atoms with Crippen molar-refractivity contribution in [1.29, 1.82) is 0 Å². The van der Waals surface area contributed by atoms with Gasteiger partial charge < -0.3 is 20.3 Å². The van der Waals surface area contributed by atoms with Gasteiger partial charge in [0.1, 0.15) is 11.6 Å². The first-order valence-corrected chi connectivity index (χ1v) is 9.08. The van der Waals surface area contributed by atoms with Crippen LogP contribution in [0.3, 0.4) is 0 Å². The molecule has 0 aromatic heterocycles. The molecular weight excluding hydrogens is 486 g/mol. The van der Waals surface area contributed by atoms with E-state index >= 15 is 0 Å². The fourth-order valence-electron chi connectivity index (χ4n) is 2.40. The maximum atomic E-state index is 13.8. The van der Waals surface area contributed by atoms with Crippen LogP contribution >= 0.6 is 24.0 Å². The molecule has 2 aromatic carbocycles. The molecule has 0 saturated heterocycles. The smallest absolute Gasteiger partial charge is 0.241 e. The Labute approximate surface area is 188 Å². The molecule has 2 rings (SSSR count). The second-order valence-corrected chi connectivity index (χ2v) is 6.42. The molecule has 2 aromatic rings. The Morgan fingerprint density at radius 2 is 1.79 bits per heavy atom. The van der Waals surface area contributed by atoms with E-state index in [9.17, 15) is 9.18 Å².